The smallest absolute Gasteiger partial charge is 0.261 e. The molecule has 0 saturated heterocycles. The van der Waals surface area contributed by atoms with E-state index in [-0.39, 0.29) is 5.91 Å². The minimum absolute atomic E-state index is 0.117. The third-order valence-electron chi connectivity index (χ3n) is 1.75. The van der Waals surface area contributed by atoms with E-state index in [0.717, 1.165) is 4.90 Å². The fourth-order valence-corrected chi connectivity index (χ4v) is 2.64. The van der Waals surface area contributed by atoms with Gasteiger partial charge in [-0.05, 0) is 6.07 Å². The van der Waals surface area contributed by atoms with Gasteiger partial charge in [0.25, 0.3) is 5.91 Å². The Morgan fingerprint density at radius 3 is 2.93 bits per heavy atom. The van der Waals surface area contributed by atoms with Gasteiger partial charge in [0, 0.05) is 39.1 Å². The fourth-order valence-electron chi connectivity index (χ4n) is 0.955. The maximum absolute atomic E-state index is 11.5. The van der Waals surface area contributed by atoms with Crippen LogP contribution in [0.4, 0.5) is 0 Å². The zero-order valence-corrected chi connectivity index (χ0v) is 10.9. The van der Waals surface area contributed by atoms with Crippen LogP contribution >= 0.6 is 24.0 Å². The van der Waals surface area contributed by atoms with E-state index < -0.39 is 10.8 Å². The molecule has 1 atom stereocenters. The summed E-state index contributed by atoms with van der Waals surface area (Å²) < 4.78 is 11.1. The number of rotatable bonds is 5. The zero-order chi connectivity index (χ0) is 11.3. The van der Waals surface area contributed by atoms with Crippen LogP contribution in [0.3, 0.4) is 0 Å². The van der Waals surface area contributed by atoms with Crippen LogP contribution in [0.15, 0.2) is 16.3 Å². The normalized spacial score (nSPS) is 12.4. The number of nitrogens with one attached hydrogen (secondary N) is 1. The Balaban J connectivity index is 2.34. The van der Waals surface area contributed by atoms with Crippen LogP contribution in [-0.4, -0.2) is 28.2 Å². The van der Waals surface area contributed by atoms with E-state index in [1.165, 1.54) is 11.3 Å². The maximum Gasteiger partial charge on any atom is 0.261 e. The van der Waals surface area contributed by atoms with Crippen molar-refractivity contribution in [1.29, 1.82) is 0 Å². The SMILES string of the molecule is CCS(=O)CCNC(=O)c1cc(S)cs1. The highest BCUT2D eigenvalue weighted by Gasteiger charge is 2.07. The van der Waals surface area contributed by atoms with Gasteiger partial charge in [0.2, 0.25) is 0 Å². The summed E-state index contributed by atoms with van der Waals surface area (Å²) in [6, 6.07) is 1.72. The minimum Gasteiger partial charge on any atom is -0.350 e. The molecule has 1 heterocycles. The molecule has 1 unspecified atom stereocenters. The van der Waals surface area contributed by atoms with E-state index >= 15 is 0 Å². The number of carbonyl (C=O) groups is 1. The monoisotopic (exact) mass is 263 g/mol. The lowest BCUT2D eigenvalue weighted by atomic mass is 10.4. The molecule has 0 saturated carbocycles. The summed E-state index contributed by atoms with van der Waals surface area (Å²) in [5, 5.41) is 4.53. The van der Waals surface area contributed by atoms with Gasteiger partial charge in [0.15, 0.2) is 0 Å². The molecule has 3 nitrogen and oxygen atoms in total. The highest BCUT2D eigenvalue weighted by Crippen LogP contribution is 2.17. The molecule has 1 aromatic rings. The molecule has 1 amide bonds. The number of thiol groups is 1. The van der Waals surface area contributed by atoms with Crippen LogP contribution in [0, 0.1) is 0 Å². The van der Waals surface area contributed by atoms with E-state index in [9.17, 15) is 9.00 Å². The minimum atomic E-state index is -0.821. The molecule has 6 heteroatoms. The van der Waals surface area contributed by atoms with E-state index in [2.05, 4.69) is 17.9 Å². The van der Waals surface area contributed by atoms with Gasteiger partial charge in [-0.15, -0.1) is 24.0 Å². The number of hydrogen-bond donors (Lipinski definition) is 2. The fraction of sp³-hybridized carbons (Fsp3) is 0.444. The molecule has 1 rings (SSSR count). The molecule has 0 bridgehead atoms. The molecule has 0 aliphatic carbocycles. The Bertz CT molecular complexity index is 362. The lowest BCUT2D eigenvalue weighted by molar-refractivity contribution is 0.0960. The molecule has 0 radical (unpaired) electrons. The van der Waals surface area contributed by atoms with Gasteiger partial charge in [-0.1, -0.05) is 6.92 Å². The van der Waals surface area contributed by atoms with Crippen molar-refractivity contribution in [3.63, 3.8) is 0 Å². The second-order valence-electron chi connectivity index (χ2n) is 2.86. The molecule has 0 aromatic carbocycles. The highest BCUT2D eigenvalue weighted by atomic mass is 32.2. The first kappa shape index (κ1) is 12.7. The summed E-state index contributed by atoms with van der Waals surface area (Å²) in [6.45, 7) is 2.32. The van der Waals surface area contributed by atoms with E-state index in [4.69, 9.17) is 0 Å². The Morgan fingerprint density at radius 1 is 1.67 bits per heavy atom. The summed E-state index contributed by atoms with van der Waals surface area (Å²) in [4.78, 5) is 12.9. The quantitative estimate of drug-likeness (QED) is 0.792. The van der Waals surface area contributed by atoms with Gasteiger partial charge >= 0.3 is 0 Å². The summed E-state index contributed by atoms with van der Waals surface area (Å²) in [5.41, 5.74) is 0. The molecule has 1 N–H and O–H groups in total. The summed E-state index contributed by atoms with van der Waals surface area (Å²) in [6.07, 6.45) is 0. The average Bonchev–Trinajstić information content (AvgIpc) is 2.64. The van der Waals surface area contributed by atoms with Gasteiger partial charge in [0.1, 0.15) is 0 Å². The molecule has 0 spiro atoms. The summed E-state index contributed by atoms with van der Waals surface area (Å²) >= 11 is 5.48. The largest absolute Gasteiger partial charge is 0.350 e. The standard InChI is InChI=1S/C9H13NO2S3/c1-2-15(12)4-3-10-9(11)8-5-7(13)6-14-8/h5-6,13H,2-4H2,1H3,(H,10,11). The number of thiophene rings is 1. The molecule has 84 valence electrons. The molecule has 15 heavy (non-hydrogen) atoms. The zero-order valence-electron chi connectivity index (χ0n) is 8.36. The third-order valence-corrected chi connectivity index (χ3v) is 4.41. The first-order valence-electron chi connectivity index (χ1n) is 4.54. The maximum atomic E-state index is 11.5. The Hall–Kier alpha value is -0.330. The van der Waals surface area contributed by atoms with E-state index in [1.54, 1.807) is 6.07 Å². The number of carbonyl (C=O) groups excluding carboxylic acids is 1. The predicted octanol–water partition coefficient (Wildman–Crippen LogP) is 1.54. The molecular weight excluding hydrogens is 250 g/mol. The first-order valence-corrected chi connectivity index (χ1v) is 7.35. The topological polar surface area (TPSA) is 46.2 Å². The Labute approximate surface area is 101 Å². The van der Waals surface area contributed by atoms with Crippen molar-refractivity contribution in [1.82, 2.24) is 5.32 Å². The van der Waals surface area contributed by atoms with Crippen molar-refractivity contribution in [2.75, 3.05) is 18.1 Å². The van der Waals surface area contributed by atoms with Crippen molar-refractivity contribution in [3.8, 4) is 0 Å². The van der Waals surface area contributed by atoms with Crippen LogP contribution in [0.25, 0.3) is 0 Å². The van der Waals surface area contributed by atoms with Crippen molar-refractivity contribution in [2.24, 2.45) is 0 Å². The lowest BCUT2D eigenvalue weighted by Gasteiger charge is -2.02. The predicted molar refractivity (Wildman–Crippen MR) is 67.5 cm³/mol. The Kier molecular flexibility index (Phi) is 5.35. The molecule has 0 aliphatic heterocycles. The van der Waals surface area contributed by atoms with Crippen LogP contribution in [-0.2, 0) is 10.8 Å². The van der Waals surface area contributed by atoms with Crippen LogP contribution < -0.4 is 5.32 Å². The average molecular weight is 263 g/mol. The van der Waals surface area contributed by atoms with Crippen LogP contribution in [0.2, 0.25) is 0 Å². The second-order valence-corrected chi connectivity index (χ2v) is 6.15. The van der Waals surface area contributed by atoms with Crippen LogP contribution in [0.5, 0.6) is 0 Å². The highest BCUT2D eigenvalue weighted by molar-refractivity contribution is 7.84. The van der Waals surface area contributed by atoms with Crippen LogP contribution in [0.1, 0.15) is 16.6 Å². The molecule has 0 aliphatic rings. The van der Waals surface area contributed by atoms with E-state index in [1.807, 2.05) is 12.3 Å². The van der Waals surface area contributed by atoms with Gasteiger partial charge in [0.05, 0.1) is 4.88 Å². The summed E-state index contributed by atoms with van der Waals surface area (Å²) in [5.74, 6) is 1.03. The Morgan fingerprint density at radius 2 is 2.40 bits per heavy atom. The van der Waals surface area contributed by atoms with Crippen molar-refractivity contribution in [3.05, 3.63) is 16.3 Å². The van der Waals surface area contributed by atoms with Gasteiger partial charge in [-0.25, -0.2) is 0 Å². The van der Waals surface area contributed by atoms with E-state index in [0.29, 0.717) is 22.9 Å². The van der Waals surface area contributed by atoms with Gasteiger partial charge in [-0.3, -0.25) is 9.00 Å². The van der Waals surface area contributed by atoms with Crippen molar-refractivity contribution >= 4 is 40.7 Å². The summed E-state index contributed by atoms with van der Waals surface area (Å²) in [7, 11) is -0.821. The first-order chi connectivity index (χ1) is 7.13. The molecular formula is C9H13NO2S3. The van der Waals surface area contributed by atoms with Crippen molar-refractivity contribution < 1.29 is 9.00 Å². The lowest BCUT2D eigenvalue weighted by Crippen LogP contribution is -2.27. The number of amides is 1. The molecule has 1 aromatic heterocycles. The van der Waals surface area contributed by atoms with Gasteiger partial charge in [-0.2, -0.15) is 0 Å². The second kappa shape index (κ2) is 6.30. The van der Waals surface area contributed by atoms with Gasteiger partial charge < -0.3 is 5.32 Å². The molecule has 0 fully saturated rings. The van der Waals surface area contributed by atoms with Crippen molar-refractivity contribution in [2.45, 2.75) is 11.8 Å². The number of hydrogen-bond acceptors (Lipinski definition) is 4. The third kappa shape index (κ3) is 4.36.